The average Bonchev–Trinajstić information content (AvgIpc) is 3.10. The zero-order valence-corrected chi connectivity index (χ0v) is 10.3. The maximum Gasteiger partial charge on any atom is 0.139 e. The first kappa shape index (κ1) is 11.5. The lowest BCUT2D eigenvalue weighted by Crippen LogP contribution is -2.27. The lowest BCUT2D eigenvalue weighted by Gasteiger charge is -2.23. The van der Waals surface area contributed by atoms with E-state index < -0.39 is 0 Å². The first-order chi connectivity index (χ1) is 8.29. The maximum atomic E-state index is 9.24. The van der Waals surface area contributed by atoms with Gasteiger partial charge in [0, 0.05) is 23.2 Å². The third-order valence-electron chi connectivity index (χ3n) is 3.43. The van der Waals surface area contributed by atoms with Crippen molar-refractivity contribution >= 4 is 11.6 Å². The SMILES string of the molecule is OCC1CN(C2CC2)C(c2ccccc2Cl)O1. The Balaban J connectivity index is 1.87. The molecule has 0 amide bonds. The average molecular weight is 254 g/mol. The highest BCUT2D eigenvalue weighted by Crippen LogP contribution is 2.41. The van der Waals surface area contributed by atoms with Crippen molar-refractivity contribution in [1.29, 1.82) is 0 Å². The molecule has 17 heavy (non-hydrogen) atoms. The number of rotatable bonds is 3. The van der Waals surface area contributed by atoms with Crippen LogP contribution in [0.4, 0.5) is 0 Å². The van der Waals surface area contributed by atoms with E-state index >= 15 is 0 Å². The van der Waals surface area contributed by atoms with Crippen molar-refractivity contribution in [3.63, 3.8) is 0 Å². The highest BCUT2D eigenvalue weighted by atomic mass is 35.5. The standard InChI is InChI=1S/C13H16ClNO2/c14-12-4-2-1-3-11(12)13-15(9-5-6-9)7-10(8-16)17-13/h1-4,9-10,13,16H,5-8H2. The minimum Gasteiger partial charge on any atom is -0.394 e. The van der Waals surface area contributed by atoms with Crippen molar-refractivity contribution in [3.8, 4) is 0 Å². The van der Waals surface area contributed by atoms with Gasteiger partial charge in [-0.15, -0.1) is 0 Å². The number of hydrogen-bond donors (Lipinski definition) is 1. The Morgan fingerprint density at radius 1 is 1.35 bits per heavy atom. The van der Waals surface area contributed by atoms with Gasteiger partial charge in [-0.1, -0.05) is 29.8 Å². The zero-order chi connectivity index (χ0) is 11.8. The summed E-state index contributed by atoms with van der Waals surface area (Å²) in [5.41, 5.74) is 1.01. The Morgan fingerprint density at radius 2 is 2.12 bits per heavy atom. The van der Waals surface area contributed by atoms with Gasteiger partial charge < -0.3 is 9.84 Å². The fraction of sp³-hybridized carbons (Fsp3) is 0.538. The predicted octanol–water partition coefficient (Wildman–Crippen LogP) is 2.19. The van der Waals surface area contributed by atoms with Gasteiger partial charge in [-0.05, 0) is 18.9 Å². The predicted molar refractivity (Wildman–Crippen MR) is 65.9 cm³/mol. The molecule has 4 heteroatoms. The molecule has 1 aliphatic heterocycles. The molecule has 2 fully saturated rings. The van der Waals surface area contributed by atoms with Crippen LogP contribution in [-0.2, 0) is 4.74 Å². The van der Waals surface area contributed by atoms with Crippen LogP contribution in [0.15, 0.2) is 24.3 Å². The van der Waals surface area contributed by atoms with Crippen LogP contribution in [0.2, 0.25) is 5.02 Å². The number of halogens is 1. The Hall–Kier alpha value is -0.610. The molecule has 1 aromatic rings. The quantitative estimate of drug-likeness (QED) is 0.897. The van der Waals surface area contributed by atoms with Crippen LogP contribution in [0.3, 0.4) is 0 Å². The van der Waals surface area contributed by atoms with E-state index in [-0.39, 0.29) is 18.9 Å². The topological polar surface area (TPSA) is 32.7 Å². The molecule has 1 saturated carbocycles. The molecule has 0 bridgehead atoms. The van der Waals surface area contributed by atoms with Crippen molar-refractivity contribution in [2.75, 3.05) is 13.2 Å². The van der Waals surface area contributed by atoms with Crippen molar-refractivity contribution < 1.29 is 9.84 Å². The number of nitrogens with zero attached hydrogens (tertiary/aromatic N) is 1. The summed E-state index contributed by atoms with van der Waals surface area (Å²) < 4.78 is 5.88. The molecule has 3 rings (SSSR count). The van der Waals surface area contributed by atoms with Crippen molar-refractivity contribution in [3.05, 3.63) is 34.9 Å². The summed E-state index contributed by atoms with van der Waals surface area (Å²) >= 11 is 6.22. The Kier molecular flexibility index (Phi) is 3.09. The molecule has 1 N–H and O–H groups in total. The monoisotopic (exact) mass is 253 g/mol. The van der Waals surface area contributed by atoms with Crippen molar-refractivity contribution in [1.82, 2.24) is 4.90 Å². The molecule has 2 aliphatic rings. The van der Waals surface area contributed by atoms with Crippen LogP contribution in [0.5, 0.6) is 0 Å². The Labute approximate surface area is 106 Å². The van der Waals surface area contributed by atoms with E-state index in [0.717, 1.165) is 17.1 Å². The van der Waals surface area contributed by atoms with E-state index in [0.29, 0.717) is 6.04 Å². The lowest BCUT2D eigenvalue weighted by atomic mass is 10.2. The van der Waals surface area contributed by atoms with E-state index in [4.69, 9.17) is 16.3 Å². The molecule has 2 unspecified atom stereocenters. The van der Waals surface area contributed by atoms with Crippen LogP contribution >= 0.6 is 11.6 Å². The first-order valence-corrected chi connectivity index (χ1v) is 6.44. The van der Waals surface area contributed by atoms with E-state index in [1.54, 1.807) is 0 Å². The van der Waals surface area contributed by atoms with Crippen molar-refractivity contribution in [2.24, 2.45) is 0 Å². The van der Waals surface area contributed by atoms with Gasteiger partial charge in [0.15, 0.2) is 0 Å². The molecule has 3 nitrogen and oxygen atoms in total. The molecular formula is C13H16ClNO2. The summed E-state index contributed by atoms with van der Waals surface area (Å²) in [6, 6.07) is 8.39. The van der Waals surface area contributed by atoms with Crippen molar-refractivity contribution in [2.45, 2.75) is 31.2 Å². The van der Waals surface area contributed by atoms with Crippen LogP contribution in [0.25, 0.3) is 0 Å². The van der Waals surface area contributed by atoms with Crippen LogP contribution < -0.4 is 0 Å². The molecule has 1 aromatic carbocycles. The number of ether oxygens (including phenoxy) is 1. The molecule has 1 saturated heterocycles. The molecule has 1 heterocycles. The second-order valence-corrected chi connectivity index (χ2v) is 5.15. The van der Waals surface area contributed by atoms with Gasteiger partial charge in [0.2, 0.25) is 0 Å². The number of aliphatic hydroxyl groups excluding tert-OH is 1. The van der Waals surface area contributed by atoms with Crippen LogP contribution in [0, 0.1) is 0 Å². The number of benzene rings is 1. The van der Waals surface area contributed by atoms with Gasteiger partial charge in [-0.3, -0.25) is 4.90 Å². The first-order valence-electron chi connectivity index (χ1n) is 6.06. The lowest BCUT2D eigenvalue weighted by molar-refractivity contribution is -0.0215. The maximum absolute atomic E-state index is 9.24. The Morgan fingerprint density at radius 3 is 2.76 bits per heavy atom. The second-order valence-electron chi connectivity index (χ2n) is 4.74. The van der Waals surface area contributed by atoms with E-state index in [9.17, 15) is 5.11 Å². The summed E-state index contributed by atoms with van der Waals surface area (Å²) in [6.45, 7) is 0.876. The molecule has 0 spiro atoms. The minimum absolute atomic E-state index is 0.0736. The fourth-order valence-electron chi connectivity index (χ4n) is 2.41. The van der Waals surface area contributed by atoms with Crippen LogP contribution in [0.1, 0.15) is 24.6 Å². The van der Waals surface area contributed by atoms with Gasteiger partial charge in [0.25, 0.3) is 0 Å². The minimum atomic E-state index is -0.0895. The molecule has 0 aromatic heterocycles. The molecule has 92 valence electrons. The van der Waals surface area contributed by atoms with Gasteiger partial charge in [-0.25, -0.2) is 0 Å². The van der Waals surface area contributed by atoms with E-state index in [2.05, 4.69) is 4.90 Å². The summed E-state index contributed by atoms with van der Waals surface area (Å²) in [6.07, 6.45) is 2.27. The number of aliphatic hydroxyl groups is 1. The Bertz CT molecular complexity index is 408. The normalized spacial score (nSPS) is 29.8. The smallest absolute Gasteiger partial charge is 0.139 e. The molecular weight excluding hydrogens is 238 g/mol. The molecule has 2 atom stereocenters. The summed E-state index contributed by atoms with van der Waals surface area (Å²) in [4.78, 5) is 2.32. The van der Waals surface area contributed by atoms with Gasteiger partial charge in [-0.2, -0.15) is 0 Å². The van der Waals surface area contributed by atoms with Gasteiger partial charge >= 0.3 is 0 Å². The largest absolute Gasteiger partial charge is 0.394 e. The number of hydrogen-bond acceptors (Lipinski definition) is 3. The van der Waals surface area contributed by atoms with E-state index in [1.165, 1.54) is 12.8 Å². The zero-order valence-electron chi connectivity index (χ0n) is 9.55. The second kappa shape index (κ2) is 4.58. The van der Waals surface area contributed by atoms with Crippen LogP contribution in [-0.4, -0.2) is 35.3 Å². The highest BCUT2D eigenvalue weighted by molar-refractivity contribution is 6.31. The summed E-state index contributed by atoms with van der Waals surface area (Å²) in [5, 5.41) is 9.97. The third kappa shape index (κ3) is 2.20. The fourth-order valence-corrected chi connectivity index (χ4v) is 2.64. The summed E-state index contributed by atoms with van der Waals surface area (Å²) in [7, 11) is 0. The van der Waals surface area contributed by atoms with Gasteiger partial charge in [0.05, 0.1) is 12.7 Å². The third-order valence-corrected chi connectivity index (χ3v) is 3.77. The molecule has 1 aliphatic carbocycles. The van der Waals surface area contributed by atoms with E-state index in [1.807, 2.05) is 24.3 Å². The molecule has 0 radical (unpaired) electrons. The van der Waals surface area contributed by atoms with Gasteiger partial charge in [0.1, 0.15) is 6.23 Å². The highest BCUT2D eigenvalue weighted by Gasteiger charge is 2.42. The summed E-state index contributed by atoms with van der Waals surface area (Å²) in [5.74, 6) is 0.